The second-order valence-electron chi connectivity index (χ2n) is 8.78. The molecule has 6 heteroatoms. The Morgan fingerprint density at radius 3 is 2.47 bits per heavy atom. The maximum absolute atomic E-state index is 11.6. The molecule has 0 aliphatic heterocycles. The summed E-state index contributed by atoms with van der Waals surface area (Å²) in [5.41, 5.74) is 4.79. The van der Waals surface area contributed by atoms with Crippen LogP contribution in [0.3, 0.4) is 0 Å². The fourth-order valence-electron chi connectivity index (χ4n) is 3.73. The first kappa shape index (κ1) is 21.8. The Morgan fingerprint density at radius 1 is 1.06 bits per heavy atom. The molecule has 0 amide bonds. The molecule has 2 aromatic heterocycles. The van der Waals surface area contributed by atoms with E-state index in [1.54, 1.807) is 12.3 Å². The van der Waals surface area contributed by atoms with Crippen molar-refractivity contribution in [2.75, 3.05) is 6.26 Å². The molecule has 0 radical (unpaired) electrons. The van der Waals surface area contributed by atoms with Crippen LogP contribution >= 0.6 is 0 Å². The normalized spacial score (nSPS) is 12.5. The van der Waals surface area contributed by atoms with Crippen molar-refractivity contribution in [3.63, 3.8) is 0 Å². The van der Waals surface area contributed by atoms with Crippen molar-refractivity contribution in [1.29, 1.82) is 5.26 Å². The van der Waals surface area contributed by atoms with Crippen LogP contribution < -0.4 is 4.74 Å². The summed E-state index contributed by atoms with van der Waals surface area (Å²) in [6.45, 7) is 6.36. The summed E-state index contributed by atoms with van der Waals surface area (Å²) < 4.78 is 19.7. The third-order valence-electron chi connectivity index (χ3n) is 5.09. The molecule has 0 N–H and O–H groups in total. The lowest BCUT2D eigenvalue weighted by Crippen LogP contribution is -2.13. The molecule has 32 heavy (non-hydrogen) atoms. The van der Waals surface area contributed by atoms with Gasteiger partial charge in [0.2, 0.25) is 0 Å². The molecule has 0 fully saturated rings. The third kappa shape index (κ3) is 4.44. The number of benzene rings is 2. The molecule has 4 rings (SSSR count). The molecular formula is C26H25N3O2S. The molecule has 0 saturated carbocycles. The second kappa shape index (κ2) is 8.60. The van der Waals surface area contributed by atoms with Crippen molar-refractivity contribution in [3.8, 4) is 28.8 Å². The van der Waals surface area contributed by atoms with Gasteiger partial charge in [0.15, 0.2) is 5.65 Å². The number of imidazole rings is 1. The first-order valence-corrected chi connectivity index (χ1v) is 12.1. The summed E-state index contributed by atoms with van der Waals surface area (Å²) in [5.74, 6) is 1.89. The molecule has 162 valence electrons. The van der Waals surface area contributed by atoms with Crippen molar-refractivity contribution in [2.45, 2.75) is 31.9 Å². The molecule has 1 atom stereocenters. The Kier molecular flexibility index (Phi) is 5.86. The summed E-state index contributed by atoms with van der Waals surface area (Å²) in [6, 6.07) is 21.5. The Bertz CT molecular complexity index is 1360. The molecule has 5 nitrogen and oxygen atoms in total. The second-order valence-corrected chi connectivity index (χ2v) is 10.2. The van der Waals surface area contributed by atoms with Crippen molar-refractivity contribution in [2.24, 2.45) is 0 Å². The van der Waals surface area contributed by atoms with Gasteiger partial charge in [0.25, 0.3) is 0 Å². The topological polar surface area (TPSA) is 67.4 Å². The SMILES string of the molecule is CS(=O)Cc1cccc(Oc2cccc(-c3c(C(C)(C)C)nc4c(C#N)cccn34)c2)c1. The molecule has 0 aliphatic rings. The van der Waals surface area contributed by atoms with Gasteiger partial charge in [-0.1, -0.05) is 45.0 Å². The lowest BCUT2D eigenvalue weighted by Gasteiger charge is -2.18. The van der Waals surface area contributed by atoms with Crippen molar-refractivity contribution in [3.05, 3.63) is 83.7 Å². The van der Waals surface area contributed by atoms with E-state index in [4.69, 9.17) is 9.72 Å². The van der Waals surface area contributed by atoms with Crippen LogP contribution in [0, 0.1) is 11.3 Å². The number of hydrogen-bond acceptors (Lipinski definition) is 4. The molecule has 0 bridgehead atoms. The Labute approximate surface area is 190 Å². The van der Waals surface area contributed by atoms with Crippen LogP contribution in [0.25, 0.3) is 16.9 Å². The maximum atomic E-state index is 11.6. The number of nitriles is 1. The summed E-state index contributed by atoms with van der Waals surface area (Å²) >= 11 is 0. The third-order valence-corrected chi connectivity index (χ3v) is 5.83. The van der Waals surface area contributed by atoms with Crippen molar-refractivity contribution < 1.29 is 8.95 Å². The minimum Gasteiger partial charge on any atom is -0.457 e. The van der Waals surface area contributed by atoms with E-state index >= 15 is 0 Å². The molecule has 1 unspecified atom stereocenters. The van der Waals surface area contributed by atoms with E-state index in [9.17, 15) is 9.47 Å². The maximum Gasteiger partial charge on any atom is 0.155 e. The highest BCUT2D eigenvalue weighted by Gasteiger charge is 2.26. The minimum absolute atomic E-state index is 0.213. The predicted molar refractivity (Wildman–Crippen MR) is 128 cm³/mol. The van der Waals surface area contributed by atoms with Gasteiger partial charge in [-0.15, -0.1) is 0 Å². The van der Waals surface area contributed by atoms with Gasteiger partial charge in [-0.2, -0.15) is 5.26 Å². The smallest absolute Gasteiger partial charge is 0.155 e. The number of hydrogen-bond donors (Lipinski definition) is 0. The summed E-state index contributed by atoms with van der Waals surface area (Å²) in [5, 5.41) is 9.55. The van der Waals surface area contributed by atoms with Crippen LogP contribution in [-0.2, 0) is 22.0 Å². The fraction of sp³-hybridized carbons (Fsp3) is 0.231. The number of fused-ring (bicyclic) bond motifs is 1. The molecule has 4 aromatic rings. The summed E-state index contributed by atoms with van der Waals surface area (Å²) in [6.07, 6.45) is 3.63. The number of aromatic nitrogens is 2. The van der Waals surface area contributed by atoms with Crippen LogP contribution in [-0.4, -0.2) is 19.8 Å². The number of rotatable bonds is 5. The Morgan fingerprint density at radius 2 is 1.78 bits per heavy atom. The van der Waals surface area contributed by atoms with Gasteiger partial charge in [0.05, 0.1) is 17.0 Å². The van der Waals surface area contributed by atoms with Crippen LogP contribution in [0.2, 0.25) is 0 Å². The minimum atomic E-state index is -0.911. The molecular weight excluding hydrogens is 418 g/mol. The van der Waals surface area contributed by atoms with E-state index < -0.39 is 10.8 Å². The lowest BCUT2D eigenvalue weighted by atomic mass is 9.89. The van der Waals surface area contributed by atoms with Crippen LogP contribution in [0.4, 0.5) is 0 Å². The van der Waals surface area contributed by atoms with E-state index in [2.05, 4.69) is 26.8 Å². The molecule has 0 aliphatic carbocycles. The van der Waals surface area contributed by atoms with Gasteiger partial charge in [0.1, 0.15) is 17.6 Å². The van der Waals surface area contributed by atoms with E-state index in [0.29, 0.717) is 28.5 Å². The first-order valence-electron chi connectivity index (χ1n) is 10.3. The highest BCUT2D eigenvalue weighted by Crippen LogP contribution is 2.36. The Hall–Kier alpha value is -3.43. The van der Waals surface area contributed by atoms with E-state index in [1.807, 2.05) is 65.2 Å². The van der Waals surface area contributed by atoms with Crippen LogP contribution in [0.5, 0.6) is 11.5 Å². The zero-order valence-electron chi connectivity index (χ0n) is 18.6. The van der Waals surface area contributed by atoms with Gasteiger partial charge in [-0.25, -0.2) is 4.98 Å². The fourth-order valence-corrected chi connectivity index (χ4v) is 4.38. The summed E-state index contributed by atoms with van der Waals surface area (Å²) in [7, 11) is -0.911. The average Bonchev–Trinajstić information content (AvgIpc) is 3.14. The lowest BCUT2D eigenvalue weighted by molar-refractivity contribution is 0.482. The zero-order chi connectivity index (χ0) is 22.9. The Balaban J connectivity index is 1.79. The molecule has 0 saturated heterocycles. The predicted octanol–water partition coefficient (Wildman–Crippen LogP) is 5.84. The first-order chi connectivity index (χ1) is 15.3. The average molecular weight is 444 g/mol. The highest BCUT2D eigenvalue weighted by atomic mass is 32.2. The number of nitrogens with zero attached hydrogens (tertiary/aromatic N) is 3. The monoisotopic (exact) mass is 443 g/mol. The zero-order valence-corrected chi connectivity index (χ0v) is 19.4. The standard InChI is InChI=1S/C26H25N3O2S/c1-26(2,3)24-23(29-13-7-10-20(16-27)25(29)28-24)19-9-6-12-22(15-19)31-21-11-5-8-18(14-21)17-32(4)30/h5-15H,17H2,1-4H3. The highest BCUT2D eigenvalue weighted by molar-refractivity contribution is 7.83. The van der Waals surface area contributed by atoms with Crippen molar-refractivity contribution in [1.82, 2.24) is 9.38 Å². The van der Waals surface area contributed by atoms with Gasteiger partial charge in [-0.05, 0) is 42.0 Å². The van der Waals surface area contributed by atoms with Gasteiger partial charge in [0, 0.05) is 40.0 Å². The van der Waals surface area contributed by atoms with E-state index in [1.165, 1.54) is 0 Å². The van der Waals surface area contributed by atoms with Crippen LogP contribution in [0.15, 0.2) is 66.9 Å². The van der Waals surface area contributed by atoms with E-state index in [0.717, 1.165) is 22.5 Å². The van der Waals surface area contributed by atoms with Gasteiger partial charge in [-0.3, -0.25) is 8.61 Å². The molecule has 0 spiro atoms. The number of ether oxygens (including phenoxy) is 1. The van der Waals surface area contributed by atoms with Gasteiger partial charge < -0.3 is 4.74 Å². The largest absolute Gasteiger partial charge is 0.457 e. The van der Waals surface area contributed by atoms with Crippen LogP contribution in [0.1, 0.15) is 37.6 Å². The van der Waals surface area contributed by atoms with Gasteiger partial charge >= 0.3 is 0 Å². The quantitative estimate of drug-likeness (QED) is 0.388. The molecule has 2 aromatic carbocycles. The van der Waals surface area contributed by atoms with E-state index in [-0.39, 0.29) is 5.41 Å². The number of pyridine rings is 1. The molecule has 2 heterocycles. The van der Waals surface area contributed by atoms with Crippen molar-refractivity contribution >= 4 is 16.4 Å². The summed E-state index contributed by atoms with van der Waals surface area (Å²) in [4.78, 5) is 4.85.